The molecule has 1 aliphatic heterocycles. The molecule has 0 radical (unpaired) electrons. The molecular formula is C35H36ClF6N9O3. The number of alkyl halides is 5. The van der Waals surface area contributed by atoms with Crippen molar-refractivity contribution in [2.45, 2.75) is 83.2 Å². The highest BCUT2D eigenvalue weighted by Gasteiger charge is 2.54. The van der Waals surface area contributed by atoms with E-state index in [-0.39, 0.29) is 28.3 Å². The second-order valence-corrected chi connectivity index (χ2v) is 14.8. The summed E-state index contributed by atoms with van der Waals surface area (Å²) in [6, 6.07) is 4.83. The summed E-state index contributed by atoms with van der Waals surface area (Å²) in [4.78, 5) is 36.6. The van der Waals surface area contributed by atoms with Crippen LogP contribution in [-0.4, -0.2) is 66.2 Å². The maximum atomic E-state index is 16.4. The number of hydrogen-bond donors (Lipinski definition) is 2. The Balaban J connectivity index is 1.42. The molecule has 19 heteroatoms. The molecule has 3 atom stereocenters. The van der Waals surface area contributed by atoms with Gasteiger partial charge >= 0.3 is 12.3 Å². The predicted octanol–water partition coefficient (Wildman–Crippen LogP) is 7.40. The van der Waals surface area contributed by atoms with Gasteiger partial charge < -0.3 is 15.8 Å². The number of hydrogen-bond acceptors (Lipinski definition) is 8. The van der Waals surface area contributed by atoms with Crippen LogP contribution in [0.1, 0.15) is 82.4 Å². The van der Waals surface area contributed by atoms with E-state index in [1.54, 1.807) is 17.6 Å². The third-order valence-corrected chi connectivity index (χ3v) is 9.36. The number of nitrogens with two attached hydrogens (primary N) is 1. The number of guanidine groups is 1. The van der Waals surface area contributed by atoms with Gasteiger partial charge in [0.15, 0.2) is 17.3 Å². The minimum absolute atomic E-state index is 0.0638. The molecule has 6 rings (SSSR count). The molecule has 0 bridgehead atoms. The molecule has 3 N–H and O–H groups in total. The standard InChI is InChI=1S/C35H36ClF6N9O3/c1-18(35(40,41)42)47-32(53)54-15-27(20-6-10-24(36)26(12-20)51-29(28(38)39)44-17-46-51)50-30(52)34(48-31(50)43,16-33(2,3)4)23-9-5-19(11-25(23)37)21-13-45-49(14-21)22-7-8-22/h5-6,9-14,17-18,22,27-28H,7-8,15-16H2,1-4H3,(H2,43,48)(H,47,53)/t18-,27+,34+/m0/s1. The van der Waals surface area contributed by atoms with E-state index in [0.717, 1.165) is 28.8 Å². The van der Waals surface area contributed by atoms with Crippen LogP contribution in [0.25, 0.3) is 16.8 Å². The molecule has 1 fully saturated rings. The van der Waals surface area contributed by atoms with Gasteiger partial charge in [0.2, 0.25) is 0 Å². The fourth-order valence-corrected chi connectivity index (χ4v) is 6.57. The SMILES string of the molecule is C[C@H](NC(=O)OC[C@H](c1ccc(Cl)c(-n2ncnc2C(F)F)c1)N1C(=O)[C@@](CC(C)(C)C)(c2ccc(-c3cnn(C4CC4)c3)cc2F)N=C1N)C(F)(F)F. The van der Waals surface area contributed by atoms with E-state index in [2.05, 4.69) is 20.2 Å². The first-order valence-corrected chi connectivity index (χ1v) is 17.2. The Hall–Kier alpha value is -5.13. The van der Waals surface area contributed by atoms with Crippen molar-refractivity contribution in [3.63, 3.8) is 0 Å². The quantitative estimate of drug-likeness (QED) is 0.151. The van der Waals surface area contributed by atoms with Gasteiger partial charge in [0.05, 0.1) is 29.0 Å². The number of ether oxygens (including phenoxy) is 1. The Labute approximate surface area is 310 Å². The summed E-state index contributed by atoms with van der Waals surface area (Å²) < 4.78 is 91.5. The zero-order valence-corrected chi connectivity index (χ0v) is 30.2. The Morgan fingerprint density at radius 1 is 1.11 bits per heavy atom. The second-order valence-electron chi connectivity index (χ2n) is 14.4. The van der Waals surface area contributed by atoms with Crippen LogP contribution < -0.4 is 11.1 Å². The third kappa shape index (κ3) is 7.74. The summed E-state index contributed by atoms with van der Waals surface area (Å²) in [5.74, 6) is -2.80. The van der Waals surface area contributed by atoms with Crippen molar-refractivity contribution in [1.29, 1.82) is 0 Å². The number of aliphatic imine (C=N–C) groups is 1. The molecule has 2 aromatic carbocycles. The average molecular weight is 780 g/mol. The monoisotopic (exact) mass is 779 g/mol. The van der Waals surface area contributed by atoms with Crippen LogP contribution in [0.2, 0.25) is 5.02 Å². The fourth-order valence-electron chi connectivity index (χ4n) is 6.37. The molecule has 2 aromatic heterocycles. The van der Waals surface area contributed by atoms with Crippen LogP contribution in [0.3, 0.4) is 0 Å². The van der Waals surface area contributed by atoms with Gasteiger partial charge in [-0.15, -0.1) is 0 Å². The lowest BCUT2D eigenvalue weighted by molar-refractivity contribution is -0.150. The van der Waals surface area contributed by atoms with Crippen LogP contribution in [0.4, 0.5) is 31.1 Å². The summed E-state index contributed by atoms with van der Waals surface area (Å²) in [5, 5.41) is 9.83. The van der Waals surface area contributed by atoms with Crippen molar-refractivity contribution in [2.24, 2.45) is 16.1 Å². The first kappa shape index (κ1) is 38.6. The number of carbonyl (C=O) groups excluding carboxylic acids is 2. The van der Waals surface area contributed by atoms with E-state index < -0.39 is 71.8 Å². The molecule has 4 aromatic rings. The minimum Gasteiger partial charge on any atom is -0.447 e. The van der Waals surface area contributed by atoms with E-state index in [9.17, 15) is 31.5 Å². The third-order valence-electron chi connectivity index (χ3n) is 9.04. The highest BCUT2D eigenvalue weighted by molar-refractivity contribution is 6.32. The summed E-state index contributed by atoms with van der Waals surface area (Å²) in [5.41, 5.74) is 4.87. The Morgan fingerprint density at radius 2 is 1.83 bits per heavy atom. The molecular weight excluding hydrogens is 744 g/mol. The van der Waals surface area contributed by atoms with Gasteiger partial charge in [0, 0.05) is 17.3 Å². The first-order chi connectivity index (χ1) is 25.3. The van der Waals surface area contributed by atoms with Crippen molar-refractivity contribution >= 4 is 29.6 Å². The van der Waals surface area contributed by atoms with Gasteiger partial charge in [-0.2, -0.15) is 23.4 Å². The van der Waals surface area contributed by atoms with Gasteiger partial charge in [0.1, 0.15) is 24.8 Å². The summed E-state index contributed by atoms with van der Waals surface area (Å²) >= 11 is 6.39. The number of aromatic nitrogens is 5. The predicted molar refractivity (Wildman–Crippen MR) is 184 cm³/mol. The van der Waals surface area contributed by atoms with Crippen molar-refractivity contribution in [1.82, 2.24) is 34.8 Å². The van der Waals surface area contributed by atoms with Crippen molar-refractivity contribution in [3.8, 4) is 16.8 Å². The molecule has 0 saturated heterocycles. The number of benzene rings is 2. The number of nitrogens with zero attached hydrogens (tertiary/aromatic N) is 7. The van der Waals surface area contributed by atoms with Crippen LogP contribution in [0, 0.1) is 11.2 Å². The normalized spacial score (nSPS) is 18.9. The summed E-state index contributed by atoms with van der Waals surface area (Å²) in [6.45, 7) is 5.33. The minimum atomic E-state index is -4.80. The summed E-state index contributed by atoms with van der Waals surface area (Å²) in [7, 11) is 0. The van der Waals surface area contributed by atoms with Crippen molar-refractivity contribution < 1.29 is 40.7 Å². The van der Waals surface area contributed by atoms with Crippen LogP contribution >= 0.6 is 11.6 Å². The zero-order chi connectivity index (χ0) is 39.3. The molecule has 1 saturated carbocycles. The van der Waals surface area contributed by atoms with E-state index in [4.69, 9.17) is 22.1 Å². The maximum absolute atomic E-state index is 16.4. The fraction of sp³-hybridized carbons (Fsp3) is 0.429. The lowest BCUT2D eigenvalue weighted by Crippen LogP contribution is -2.48. The van der Waals surface area contributed by atoms with E-state index in [0.29, 0.717) is 24.1 Å². The van der Waals surface area contributed by atoms with Gasteiger partial charge in [0.25, 0.3) is 12.3 Å². The lowest BCUT2D eigenvalue weighted by Gasteiger charge is -2.35. The van der Waals surface area contributed by atoms with Gasteiger partial charge in [-0.05, 0) is 60.9 Å². The van der Waals surface area contributed by atoms with Crippen LogP contribution in [0.15, 0.2) is 60.1 Å². The van der Waals surface area contributed by atoms with Gasteiger partial charge in [-0.1, -0.05) is 50.6 Å². The molecule has 54 heavy (non-hydrogen) atoms. The first-order valence-electron chi connectivity index (χ1n) is 16.8. The topological polar surface area (TPSA) is 146 Å². The van der Waals surface area contributed by atoms with Crippen LogP contribution in [0.5, 0.6) is 0 Å². The Bertz CT molecular complexity index is 2090. The van der Waals surface area contributed by atoms with E-state index in [1.807, 2.05) is 31.6 Å². The average Bonchev–Trinajstić information content (AvgIpc) is 3.49. The number of halogens is 7. The Kier molecular flexibility index (Phi) is 10.2. The number of amides is 2. The molecule has 288 valence electrons. The molecule has 1 aliphatic carbocycles. The lowest BCUT2D eigenvalue weighted by atomic mass is 9.75. The van der Waals surface area contributed by atoms with Gasteiger partial charge in [-0.3, -0.25) is 14.4 Å². The van der Waals surface area contributed by atoms with Crippen molar-refractivity contribution in [3.05, 3.63) is 82.9 Å². The largest absolute Gasteiger partial charge is 0.447 e. The number of carbonyl (C=O) groups is 2. The van der Waals surface area contributed by atoms with E-state index >= 15 is 4.39 Å². The maximum Gasteiger partial charge on any atom is 0.408 e. The Morgan fingerprint density at radius 3 is 2.46 bits per heavy atom. The summed E-state index contributed by atoms with van der Waals surface area (Å²) in [6.07, 6.45) is -3.09. The number of rotatable bonds is 11. The molecule has 0 unspecified atom stereocenters. The molecule has 2 aliphatic rings. The molecule has 0 spiro atoms. The zero-order valence-electron chi connectivity index (χ0n) is 29.4. The number of nitrogens with one attached hydrogen (secondary N) is 1. The van der Waals surface area contributed by atoms with Crippen molar-refractivity contribution in [2.75, 3.05) is 6.61 Å². The highest BCUT2D eigenvalue weighted by Crippen LogP contribution is 2.46. The molecule has 3 heterocycles. The number of alkyl carbamates (subject to hydrolysis) is 1. The van der Waals surface area contributed by atoms with E-state index in [1.165, 1.54) is 30.3 Å². The smallest absolute Gasteiger partial charge is 0.408 e. The molecule has 12 nitrogen and oxygen atoms in total. The highest BCUT2D eigenvalue weighted by atomic mass is 35.5. The molecule has 2 amide bonds. The second kappa shape index (κ2) is 14.3. The van der Waals surface area contributed by atoms with Crippen LogP contribution in [-0.2, 0) is 15.1 Å². The van der Waals surface area contributed by atoms with Gasteiger partial charge in [-0.25, -0.2) is 32.6 Å².